The molecule has 0 heterocycles. The lowest BCUT2D eigenvalue weighted by atomic mass is 10.0. The van der Waals surface area contributed by atoms with Crippen LogP contribution in [0.2, 0.25) is 0 Å². The van der Waals surface area contributed by atoms with Gasteiger partial charge in [0, 0.05) is 6.42 Å². The molecule has 0 rings (SSSR count). The zero-order chi connectivity index (χ0) is 27.1. The zero-order valence-electron chi connectivity index (χ0n) is 26.1. The number of carbonyl (C=O) groups is 1. The maximum absolute atomic E-state index is 12.5. The molecular weight excluding hydrogens is 452 g/mol. The lowest BCUT2D eigenvalue weighted by Crippen LogP contribution is -2.18. The van der Waals surface area contributed by atoms with Gasteiger partial charge in [-0.1, -0.05) is 175 Å². The molecule has 0 aromatic carbocycles. The van der Waals surface area contributed by atoms with Crippen LogP contribution in [0.15, 0.2) is 0 Å². The molecule has 0 fully saturated rings. The van der Waals surface area contributed by atoms with Crippen LogP contribution >= 0.6 is 0 Å². The molecule has 2 heteroatoms. The summed E-state index contributed by atoms with van der Waals surface area (Å²) in [5.74, 6) is 0.0664. The van der Waals surface area contributed by atoms with Gasteiger partial charge in [0.1, 0.15) is 6.10 Å². The van der Waals surface area contributed by atoms with Crippen LogP contribution < -0.4 is 0 Å². The second-order valence-electron chi connectivity index (χ2n) is 11.9. The van der Waals surface area contributed by atoms with Crippen LogP contribution in [-0.2, 0) is 9.53 Å². The smallest absolute Gasteiger partial charge is 0.306 e. The Kier molecular flexibility index (Phi) is 31.2. The second kappa shape index (κ2) is 31.7. The third kappa shape index (κ3) is 29.9. The maximum atomic E-state index is 12.5. The fourth-order valence-corrected chi connectivity index (χ4v) is 5.45. The first-order valence-corrected chi connectivity index (χ1v) is 17.4. The van der Waals surface area contributed by atoms with Crippen molar-refractivity contribution in [3.8, 4) is 0 Å². The van der Waals surface area contributed by atoms with Crippen LogP contribution in [0.4, 0.5) is 0 Å². The summed E-state index contributed by atoms with van der Waals surface area (Å²) >= 11 is 0. The summed E-state index contributed by atoms with van der Waals surface area (Å²) in [7, 11) is 0. The number of hydrogen-bond acceptors (Lipinski definition) is 2. The summed E-state index contributed by atoms with van der Waals surface area (Å²) < 4.78 is 5.99. The SMILES string of the molecule is CCCCCCCCCCCCCCCCCC(=O)OC(CCCCCCCC)CCCCCCCC. The van der Waals surface area contributed by atoms with Crippen LogP contribution in [0.3, 0.4) is 0 Å². The van der Waals surface area contributed by atoms with E-state index in [1.165, 1.54) is 167 Å². The van der Waals surface area contributed by atoms with Gasteiger partial charge >= 0.3 is 5.97 Å². The lowest BCUT2D eigenvalue weighted by molar-refractivity contribution is -0.150. The molecule has 0 aromatic rings. The minimum absolute atomic E-state index is 0.0664. The summed E-state index contributed by atoms with van der Waals surface area (Å²) in [4.78, 5) is 12.5. The van der Waals surface area contributed by atoms with Crippen molar-refractivity contribution in [2.45, 2.75) is 219 Å². The van der Waals surface area contributed by atoms with Crippen LogP contribution in [0.25, 0.3) is 0 Å². The standard InChI is InChI=1S/C35H70O2/c1-4-7-10-13-16-17-18-19-20-21-22-23-24-27-30-33-35(36)37-34(31-28-25-14-11-8-5-2)32-29-26-15-12-9-6-3/h34H,4-33H2,1-3H3. The average molecular weight is 523 g/mol. The van der Waals surface area contributed by atoms with Gasteiger partial charge in [0.2, 0.25) is 0 Å². The van der Waals surface area contributed by atoms with E-state index in [2.05, 4.69) is 20.8 Å². The van der Waals surface area contributed by atoms with Gasteiger partial charge in [-0.3, -0.25) is 4.79 Å². The normalized spacial score (nSPS) is 11.5. The largest absolute Gasteiger partial charge is 0.462 e. The third-order valence-corrected chi connectivity index (χ3v) is 8.04. The monoisotopic (exact) mass is 523 g/mol. The van der Waals surface area contributed by atoms with Crippen molar-refractivity contribution in [3.05, 3.63) is 0 Å². The summed E-state index contributed by atoms with van der Waals surface area (Å²) in [5, 5.41) is 0. The van der Waals surface area contributed by atoms with E-state index in [0.29, 0.717) is 6.42 Å². The van der Waals surface area contributed by atoms with Crippen molar-refractivity contribution in [2.75, 3.05) is 0 Å². The highest BCUT2D eigenvalue weighted by atomic mass is 16.5. The molecule has 0 bridgehead atoms. The molecule has 0 aliphatic rings. The first kappa shape index (κ1) is 36.5. The molecule has 0 saturated carbocycles. The molecule has 0 aromatic heterocycles. The van der Waals surface area contributed by atoms with Crippen molar-refractivity contribution < 1.29 is 9.53 Å². The van der Waals surface area contributed by atoms with Crippen molar-refractivity contribution in [1.29, 1.82) is 0 Å². The second-order valence-corrected chi connectivity index (χ2v) is 11.9. The van der Waals surface area contributed by atoms with Gasteiger partial charge in [-0.05, 0) is 32.1 Å². The Bertz CT molecular complexity index is 417. The number of unbranched alkanes of at least 4 members (excludes halogenated alkanes) is 24. The van der Waals surface area contributed by atoms with Crippen LogP contribution in [0.5, 0.6) is 0 Å². The van der Waals surface area contributed by atoms with Crippen molar-refractivity contribution in [1.82, 2.24) is 0 Å². The van der Waals surface area contributed by atoms with Crippen molar-refractivity contribution in [3.63, 3.8) is 0 Å². The van der Waals surface area contributed by atoms with E-state index in [4.69, 9.17) is 4.74 Å². The highest BCUT2D eigenvalue weighted by Crippen LogP contribution is 2.18. The van der Waals surface area contributed by atoms with E-state index in [0.717, 1.165) is 19.3 Å². The van der Waals surface area contributed by atoms with Crippen molar-refractivity contribution in [2.24, 2.45) is 0 Å². The van der Waals surface area contributed by atoms with Crippen LogP contribution in [-0.4, -0.2) is 12.1 Å². The fraction of sp³-hybridized carbons (Fsp3) is 0.971. The minimum Gasteiger partial charge on any atom is -0.462 e. The number of hydrogen-bond donors (Lipinski definition) is 0. The topological polar surface area (TPSA) is 26.3 Å². The summed E-state index contributed by atoms with van der Waals surface area (Å²) in [6, 6.07) is 0. The number of carbonyl (C=O) groups excluding carboxylic acids is 1. The first-order valence-electron chi connectivity index (χ1n) is 17.4. The Balaban J connectivity index is 3.77. The lowest BCUT2D eigenvalue weighted by Gasteiger charge is -2.18. The Morgan fingerprint density at radius 2 is 0.676 bits per heavy atom. The molecule has 0 spiro atoms. The van der Waals surface area contributed by atoms with E-state index < -0.39 is 0 Å². The van der Waals surface area contributed by atoms with Gasteiger partial charge in [-0.25, -0.2) is 0 Å². The Morgan fingerprint density at radius 1 is 0.405 bits per heavy atom. The van der Waals surface area contributed by atoms with E-state index in [1.54, 1.807) is 0 Å². The zero-order valence-corrected chi connectivity index (χ0v) is 26.1. The highest BCUT2D eigenvalue weighted by molar-refractivity contribution is 5.69. The molecule has 0 amide bonds. The molecule has 2 nitrogen and oxygen atoms in total. The molecule has 0 saturated heterocycles. The Morgan fingerprint density at radius 3 is 1.00 bits per heavy atom. The van der Waals surface area contributed by atoms with Crippen LogP contribution in [0, 0.1) is 0 Å². The van der Waals surface area contributed by atoms with Gasteiger partial charge in [0.05, 0.1) is 0 Å². The average Bonchev–Trinajstić information content (AvgIpc) is 2.90. The molecular formula is C35H70O2. The summed E-state index contributed by atoms with van der Waals surface area (Å²) in [6.07, 6.45) is 39.1. The quantitative estimate of drug-likeness (QED) is 0.0668. The molecule has 0 aliphatic heterocycles. The van der Waals surface area contributed by atoms with Crippen molar-refractivity contribution >= 4 is 5.97 Å². The van der Waals surface area contributed by atoms with Gasteiger partial charge in [0.25, 0.3) is 0 Å². The maximum Gasteiger partial charge on any atom is 0.306 e. The predicted molar refractivity (Wildman–Crippen MR) is 165 cm³/mol. The highest BCUT2D eigenvalue weighted by Gasteiger charge is 2.14. The van der Waals surface area contributed by atoms with Gasteiger partial charge < -0.3 is 4.74 Å². The van der Waals surface area contributed by atoms with Gasteiger partial charge in [-0.2, -0.15) is 0 Å². The number of ether oxygens (including phenoxy) is 1. The first-order chi connectivity index (χ1) is 18.2. The number of esters is 1. The Labute approximate surface area is 234 Å². The predicted octanol–water partition coefficient (Wildman–Crippen LogP) is 12.7. The molecule has 222 valence electrons. The molecule has 37 heavy (non-hydrogen) atoms. The van der Waals surface area contributed by atoms with E-state index in [-0.39, 0.29) is 12.1 Å². The summed E-state index contributed by atoms with van der Waals surface area (Å²) in [6.45, 7) is 6.84. The van der Waals surface area contributed by atoms with Gasteiger partial charge in [0.15, 0.2) is 0 Å². The molecule has 0 unspecified atom stereocenters. The minimum atomic E-state index is 0.0664. The Hall–Kier alpha value is -0.530. The van der Waals surface area contributed by atoms with Gasteiger partial charge in [-0.15, -0.1) is 0 Å². The van der Waals surface area contributed by atoms with E-state index in [1.807, 2.05) is 0 Å². The van der Waals surface area contributed by atoms with E-state index in [9.17, 15) is 4.79 Å². The van der Waals surface area contributed by atoms with E-state index >= 15 is 0 Å². The molecule has 0 radical (unpaired) electrons. The molecule has 0 aliphatic carbocycles. The fourth-order valence-electron chi connectivity index (χ4n) is 5.45. The number of rotatable bonds is 31. The van der Waals surface area contributed by atoms with Crippen LogP contribution in [0.1, 0.15) is 213 Å². The molecule has 0 atom stereocenters. The summed E-state index contributed by atoms with van der Waals surface area (Å²) in [5.41, 5.74) is 0. The molecule has 0 N–H and O–H groups in total. The third-order valence-electron chi connectivity index (χ3n) is 8.04.